The fourth-order valence-corrected chi connectivity index (χ4v) is 4.81. The predicted octanol–water partition coefficient (Wildman–Crippen LogP) is 7.41. The third-order valence-electron chi connectivity index (χ3n) is 6.48. The van der Waals surface area contributed by atoms with Gasteiger partial charge in [-0.1, -0.05) is 129 Å². The van der Waals surface area contributed by atoms with E-state index >= 15 is 0 Å². The largest absolute Gasteiger partial charge is 2.00 e. The zero-order valence-corrected chi connectivity index (χ0v) is 26.1. The van der Waals surface area contributed by atoms with Crippen molar-refractivity contribution >= 4 is 45.1 Å². The quantitative estimate of drug-likeness (QED) is 0.0508. The molecule has 0 rings (SSSR count). The van der Waals surface area contributed by atoms with Crippen molar-refractivity contribution in [2.45, 2.75) is 154 Å². The Morgan fingerprint density at radius 2 is 0.946 bits per heavy atom. The minimum atomic E-state index is -4.75. The summed E-state index contributed by atoms with van der Waals surface area (Å²) in [6.07, 6.45) is 22.1. The molecule has 9 heteroatoms. The Bertz CT molecular complexity index is 652. The van der Waals surface area contributed by atoms with E-state index in [2.05, 4.69) is 13.8 Å². The van der Waals surface area contributed by atoms with Gasteiger partial charge in [-0.05, 0) is 12.8 Å². The molecule has 218 valence electrons. The van der Waals surface area contributed by atoms with Crippen molar-refractivity contribution in [3.05, 3.63) is 0 Å². The molecule has 0 amide bonds. The van der Waals surface area contributed by atoms with Crippen LogP contribution in [0.1, 0.15) is 152 Å². The van der Waals surface area contributed by atoms with E-state index in [4.69, 9.17) is 9.47 Å². The van der Waals surface area contributed by atoms with Gasteiger partial charge in [-0.2, -0.15) is 8.42 Å². The van der Waals surface area contributed by atoms with Crippen molar-refractivity contribution in [3.63, 3.8) is 0 Å². The molecular weight excluding hydrogens is 505 g/mol. The Kier molecular flexibility index (Phi) is 28.5. The summed E-state index contributed by atoms with van der Waals surface area (Å²) >= 11 is 0. The minimum absolute atomic E-state index is 0. The van der Waals surface area contributed by atoms with Gasteiger partial charge in [-0.15, -0.1) is 0 Å². The number of hydrogen-bond acceptors (Lipinski definition) is 6. The molecule has 0 aromatic rings. The maximum Gasteiger partial charge on any atom is 2.00 e. The standard InChI is InChI=1S/C28H54O7S.Mg.2H/c1-3-5-7-9-11-13-15-17-19-21-23-34-27(29)25-26(36(31,32)33)28(30)35-24-22-20-18-16-14-12-10-8-6-4-2;;;/h26H,3-25H2,1-2H3,(H,31,32,33);;;/q;+2;2*-1. The van der Waals surface area contributed by atoms with Crippen LogP contribution >= 0.6 is 0 Å². The van der Waals surface area contributed by atoms with Crippen LogP contribution in [0.2, 0.25) is 0 Å². The van der Waals surface area contributed by atoms with Gasteiger partial charge in [0.1, 0.15) is 0 Å². The fourth-order valence-electron chi connectivity index (χ4n) is 4.15. The molecule has 7 nitrogen and oxygen atoms in total. The second-order valence-corrected chi connectivity index (χ2v) is 11.6. The number of rotatable bonds is 26. The van der Waals surface area contributed by atoms with Gasteiger partial charge in [0.15, 0.2) is 5.25 Å². The molecule has 0 radical (unpaired) electrons. The monoisotopic (exact) mass is 560 g/mol. The molecule has 1 N–H and O–H groups in total. The van der Waals surface area contributed by atoms with Gasteiger partial charge in [0, 0.05) is 0 Å². The van der Waals surface area contributed by atoms with Crippen LogP contribution in [0.3, 0.4) is 0 Å². The van der Waals surface area contributed by atoms with E-state index in [1.165, 1.54) is 77.0 Å². The van der Waals surface area contributed by atoms with Crippen molar-refractivity contribution < 1.29 is 34.9 Å². The Morgan fingerprint density at radius 3 is 1.30 bits per heavy atom. The molecule has 0 aromatic heterocycles. The molecule has 0 bridgehead atoms. The van der Waals surface area contributed by atoms with E-state index in [1.807, 2.05) is 0 Å². The molecule has 0 heterocycles. The van der Waals surface area contributed by atoms with Gasteiger partial charge < -0.3 is 12.3 Å². The molecule has 0 aliphatic rings. The van der Waals surface area contributed by atoms with E-state index < -0.39 is 33.7 Å². The molecule has 1 atom stereocenters. The molecule has 37 heavy (non-hydrogen) atoms. The summed E-state index contributed by atoms with van der Waals surface area (Å²) in [5, 5.41) is -1.93. The summed E-state index contributed by atoms with van der Waals surface area (Å²) in [6, 6.07) is 0. The number of esters is 2. The van der Waals surface area contributed by atoms with Crippen LogP contribution < -0.4 is 0 Å². The van der Waals surface area contributed by atoms with Crippen LogP contribution in [-0.2, 0) is 29.2 Å². The summed E-state index contributed by atoms with van der Waals surface area (Å²) in [4.78, 5) is 24.2. The topological polar surface area (TPSA) is 107 Å². The summed E-state index contributed by atoms with van der Waals surface area (Å²) in [5.74, 6) is -1.91. The number of hydrogen-bond donors (Lipinski definition) is 1. The average molecular weight is 561 g/mol. The van der Waals surface area contributed by atoms with E-state index in [0.717, 1.165) is 38.5 Å². The number of unbranched alkanes of at least 4 members (excludes halogenated alkanes) is 18. The maximum atomic E-state index is 12.2. The Morgan fingerprint density at radius 1 is 0.622 bits per heavy atom. The summed E-state index contributed by atoms with van der Waals surface area (Å²) < 4.78 is 42.7. The minimum Gasteiger partial charge on any atom is -1.00 e. The first-order valence-corrected chi connectivity index (χ1v) is 16.1. The van der Waals surface area contributed by atoms with Crippen LogP contribution in [0.5, 0.6) is 0 Å². The van der Waals surface area contributed by atoms with E-state index in [-0.39, 0.29) is 39.1 Å². The molecule has 1 unspecified atom stereocenters. The fraction of sp³-hybridized carbons (Fsp3) is 0.929. The zero-order valence-electron chi connectivity index (χ0n) is 25.9. The summed E-state index contributed by atoms with van der Waals surface area (Å²) in [6.45, 7) is 4.67. The molecule has 0 fully saturated rings. The Balaban J connectivity index is -0.00000204. The van der Waals surface area contributed by atoms with Gasteiger partial charge in [-0.3, -0.25) is 14.1 Å². The summed E-state index contributed by atoms with van der Waals surface area (Å²) in [7, 11) is -4.75. The molecule has 0 saturated carbocycles. The van der Waals surface area contributed by atoms with Crippen LogP contribution in [0.15, 0.2) is 0 Å². The average Bonchev–Trinajstić information content (AvgIpc) is 2.83. The first-order valence-electron chi connectivity index (χ1n) is 14.6. The van der Waals surface area contributed by atoms with Crippen LogP contribution in [-0.4, -0.2) is 66.4 Å². The van der Waals surface area contributed by atoms with Gasteiger partial charge in [0.2, 0.25) is 0 Å². The van der Waals surface area contributed by atoms with Gasteiger partial charge in [0.25, 0.3) is 10.1 Å². The van der Waals surface area contributed by atoms with Crippen molar-refractivity contribution in [2.24, 2.45) is 0 Å². The number of carbonyl (C=O) groups excluding carboxylic acids is 2. The molecular formula is C28H56MgO7S. The first kappa shape index (κ1) is 38.8. The third kappa shape index (κ3) is 25.6. The molecule has 0 aliphatic carbocycles. The SMILES string of the molecule is CCCCCCCCCCCCOC(=O)CC(C(=O)OCCCCCCCCCCCC)S(=O)(=O)O.[H-].[H-].[Mg+2]. The van der Waals surface area contributed by atoms with Gasteiger partial charge in [0.05, 0.1) is 19.6 Å². The zero-order chi connectivity index (χ0) is 26.9. The normalized spacial score (nSPS) is 12.1. The van der Waals surface area contributed by atoms with Gasteiger partial charge >= 0.3 is 35.0 Å². The first-order chi connectivity index (χ1) is 17.3. The molecule has 0 aromatic carbocycles. The second kappa shape index (κ2) is 27.2. The van der Waals surface area contributed by atoms with Crippen LogP contribution in [0.25, 0.3) is 0 Å². The Hall–Kier alpha value is -0.384. The van der Waals surface area contributed by atoms with Crippen molar-refractivity contribution in [1.29, 1.82) is 0 Å². The van der Waals surface area contributed by atoms with E-state index in [1.54, 1.807) is 0 Å². The van der Waals surface area contributed by atoms with Crippen molar-refractivity contribution in [1.82, 2.24) is 0 Å². The van der Waals surface area contributed by atoms with Crippen LogP contribution in [0, 0.1) is 0 Å². The Labute approximate surface area is 246 Å². The van der Waals surface area contributed by atoms with E-state index in [9.17, 15) is 22.6 Å². The number of carbonyl (C=O) groups is 2. The molecule has 0 aliphatic heterocycles. The molecule has 0 saturated heterocycles. The predicted molar refractivity (Wildman–Crippen MR) is 154 cm³/mol. The van der Waals surface area contributed by atoms with E-state index in [0.29, 0.717) is 12.8 Å². The second-order valence-electron chi connectivity index (χ2n) is 9.96. The van der Waals surface area contributed by atoms with Crippen molar-refractivity contribution in [2.75, 3.05) is 13.2 Å². The summed E-state index contributed by atoms with van der Waals surface area (Å²) in [5.41, 5.74) is 0. The molecule has 0 spiro atoms. The number of ether oxygens (including phenoxy) is 2. The maximum absolute atomic E-state index is 12.2. The van der Waals surface area contributed by atoms with Gasteiger partial charge in [-0.25, -0.2) is 0 Å². The third-order valence-corrected chi connectivity index (χ3v) is 7.56. The smallest absolute Gasteiger partial charge is 1.00 e. The van der Waals surface area contributed by atoms with Crippen molar-refractivity contribution in [3.8, 4) is 0 Å². The van der Waals surface area contributed by atoms with Crippen LogP contribution in [0.4, 0.5) is 0 Å².